The van der Waals surface area contributed by atoms with Crippen molar-refractivity contribution in [3.8, 4) is 0 Å². The molecule has 0 aromatic heterocycles. The Hall–Kier alpha value is -3.97. The molecule has 0 aliphatic heterocycles. The molecular formula is C32H40N4O3. The molecule has 39 heavy (non-hydrogen) atoms. The predicted molar refractivity (Wildman–Crippen MR) is 157 cm³/mol. The zero-order chi connectivity index (χ0) is 28.6. The van der Waals surface area contributed by atoms with Crippen molar-refractivity contribution in [2.75, 3.05) is 14.1 Å². The van der Waals surface area contributed by atoms with Crippen molar-refractivity contribution >= 4 is 28.5 Å². The molecule has 7 heteroatoms. The molecule has 3 aromatic rings. The van der Waals surface area contributed by atoms with Crippen molar-refractivity contribution in [2.45, 2.75) is 57.7 Å². The quantitative estimate of drug-likeness (QED) is 0.312. The van der Waals surface area contributed by atoms with E-state index in [1.54, 1.807) is 7.05 Å². The number of rotatable bonds is 12. The van der Waals surface area contributed by atoms with Gasteiger partial charge >= 0.3 is 0 Å². The standard InChI is InChI=1S/C32H40N4O3/c1-22-12-14-23(15-13-22)20-27(30(33)38)35-31(39)28(36(5)29(37)11-8-18-32(2,3)34-4)21-24-16-17-25-9-6-7-10-26(25)19-24/h6-17,19,27-28,34H,18,20-21H2,1-5H3,(H2,33,38)(H,35,39)/b11-8+/t27-,28-/m1/s1. The molecule has 0 saturated heterocycles. The van der Waals surface area contributed by atoms with Crippen LogP contribution in [0.5, 0.6) is 0 Å². The number of fused-ring (bicyclic) bond motifs is 1. The summed E-state index contributed by atoms with van der Waals surface area (Å²) in [6.07, 6.45) is 4.50. The Morgan fingerprint density at radius 1 is 0.949 bits per heavy atom. The van der Waals surface area contributed by atoms with E-state index < -0.39 is 23.9 Å². The Labute approximate surface area is 231 Å². The molecule has 0 unspecified atom stereocenters. The van der Waals surface area contributed by atoms with E-state index >= 15 is 0 Å². The molecule has 0 fully saturated rings. The van der Waals surface area contributed by atoms with Gasteiger partial charge in [0, 0.05) is 25.4 Å². The average molecular weight is 529 g/mol. The summed E-state index contributed by atoms with van der Waals surface area (Å²) in [6, 6.07) is 19.9. The van der Waals surface area contributed by atoms with Crippen LogP contribution in [0.1, 0.15) is 37.0 Å². The van der Waals surface area contributed by atoms with E-state index in [9.17, 15) is 14.4 Å². The van der Waals surface area contributed by atoms with Crippen LogP contribution in [0.25, 0.3) is 10.8 Å². The highest BCUT2D eigenvalue weighted by molar-refractivity contribution is 5.95. The van der Waals surface area contributed by atoms with Gasteiger partial charge in [-0.05, 0) is 62.2 Å². The Morgan fingerprint density at radius 2 is 1.59 bits per heavy atom. The van der Waals surface area contributed by atoms with E-state index in [1.165, 1.54) is 11.0 Å². The lowest BCUT2D eigenvalue weighted by atomic mass is 9.99. The molecule has 0 bridgehead atoms. The Bertz CT molecular complexity index is 1330. The van der Waals surface area contributed by atoms with E-state index in [0.29, 0.717) is 6.42 Å². The van der Waals surface area contributed by atoms with E-state index in [1.807, 2.05) is 101 Å². The van der Waals surface area contributed by atoms with Gasteiger partial charge in [0.2, 0.25) is 17.7 Å². The third-order valence-corrected chi connectivity index (χ3v) is 7.15. The highest BCUT2D eigenvalue weighted by atomic mass is 16.2. The predicted octanol–water partition coefficient (Wildman–Crippen LogP) is 3.67. The first-order valence-electron chi connectivity index (χ1n) is 13.2. The van der Waals surface area contributed by atoms with Gasteiger partial charge in [-0.3, -0.25) is 14.4 Å². The lowest BCUT2D eigenvalue weighted by molar-refractivity contribution is -0.137. The molecule has 3 aromatic carbocycles. The number of aryl methyl sites for hydroxylation is 1. The molecule has 4 N–H and O–H groups in total. The van der Waals surface area contributed by atoms with Crippen LogP contribution < -0.4 is 16.4 Å². The van der Waals surface area contributed by atoms with Crippen LogP contribution in [-0.4, -0.2) is 54.3 Å². The van der Waals surface area contributed by atoms with Crippen molar-refractivity contribution in [2.24, 2.45) is 5.73 Å². The number of nitrogens with zero attached hydrogens (tertiary/aromatic N) is 1. The fraction of sp³-hybridized carbons (Fsp3) is 0.344. The minimum Gasteiger partial charge on any atom is -0.368 e. The third-order valence-electron chi connectivity index (χ3n) is 7.15. The van der Waals surface area contributed by atoms with Crippen molar-refractivity contribution in [3.63, 3.8) is 0 Å². The number of amides is 3. The van der Waals surface area contributed by atoms with Crippen LogP contribution in [-0.2, 0) is 27.2 Å². The average Bonchev–Trinajstić information content (AvgIpc) is 2.91. The normalized spacial score (nSPS) is 13.3. The van der Waals surface area contributed by atoms with Crippen LogP contribution in [0, 0.1) is 6.92 Å². The highest BCUT2D eigenvalue weighted by Crippen LogP contribution is 2.19. The zero-order valence-corrected chi connectivity index (χ0v) is 23.5. The van der Waals surface area contributed by atoms with Gasteiger partial charge in [0.1, 0.15) is 12.1 Å². The number of carbonyl (C=O) groups is 3. The van der Waals surface area contributed by atoms with Crippen LogP contribution in [0.15, 0.2) is 78.9 Å². The monoisotopic (exact) mass is 528 g/mol. The topological polar surface area (TPSA) is 105 Å². The Morgan fingerprint density at radius 3 is 2.23 bits per heavy atom. The lowest BCUT2D eigenvalue weighted by Gasteiger charge is -2.28. The van der Waals surface area contributed by atoms with Crippen molar-refractivity contribution < 1.29 is 14.4 Å². The number of hydrogen-bond donors (Lipinski definition) is 3. The molecule has 0 heterocycles. The van der Waals surface area contributed by atoms with E-state index in [0.717, 1.165) is 27.5 Å². The van der Waals surface area contributed by atoms with Crippen LogP contribution >= 0.6 is 0 Å². The van der Waals surface area contributed by atoms with E-state index in [4.69, 9.17) is 5.73 Å². The number of primary amides is 1. The Kier molecular flexibility index (Phi) is 10.0. The van der Waals surface area contributed by atoms with Gasteiger partial charge in [-0.25, -0.2) is 0 Å². The summed E-state index contributed by atoms with van der Waals surface area (Å²) < 4.78 is 0. The minimum absolute atomic E-state index is 0.165. The van der Waals surface area contributed by atoms with Crippen LogP contribution in [0.2, 0.25) is 0 Å². The van der Waals surface area contributed by atoms with Crippen LogP contribution in [0.3, 0.4) is 0 Å². The maximum atomic E-state index is 13.6. The van der Waals surface area contributed by atoms with Crippen molar-refractivity contribution in [1.29, 1.82) is 0 Å². The van der Waals surface area contributed by atoms with E-state index in [-0.39, 0.29) is 24.3 Å². The molecular weight excluding hydrogens is 488 g/mol. The summed E-state index contributed by atoms with van der Waals surface area (Å²) >= 11 is 0. The van der Waals surface area contributed by atoms with Crippen molar-refractivity contribution in [1.82, 2.24) is 15.5 Å². The number of benzene rings is 3. The SMILES string of the molecule is CNC(C)(C)C/C=C/C(=O)N(C)[C@H](Cc1ccc2ccccc2c1)C(=O)N[C@H](Cc1ccc(C)cc1)C(N)=O. The molecule has 3 rings (SSSR count). The second-order valence-corrected chi connectivity index (χ2v) is 10.7. The second-order valence-electron chi connectivity index (χ2n) is 10.7. The zero-order valence-electron chi connectivity index (χ0n) is 23.5. The number of carbonyl (C=O) groups excluding carboxylic acids is 3. The van der Waals surface area contributed by atoms with Gasteiger partial charge in [-0.1, -0.05) is 78.4 Å². The molecule has 0 aliphatic carbocycles. The largest absolute Gasteiger partial charge is 0.368 e. The molecule has 206 valence electrons. The minimum atomic E-state index is -0.908. The maximum absolute atomic E-state index is 13.6. The number of nitrogens with one attached hydrogen (secondary N) is 2. The molecule has 0 saturated carbocycles. The molecule has 0 radical (unpaired) electrons. The maximum Gasteiger partial charge on any atom is 0.246 e. The number of likely N-dealkylation sites (N-methyl/N-ethyl adjacent to an activating group) is 1. The summed E-state index contributed by atoms with van der Waals surface area (Å²) in [5.74, 6) is -1.35. The fourth-order valence-corrected chi connectivity index (χ4v) is 4.27. The van der Waals surface area contributed by atoms with Gasteiger partial charge in [0.15, 0.2) is 0 Å². The molecule has 0 spiro atoms. The summed E-state index contributed by atoms with van der Waals surface area (Å²) in [5, 5.41) is 8.16. The first-order chi connectivity index (χ1) is 18.5. The highest BCUT2D eigenvalue weighted by Gasteiger charge is 2.30. The third kappa shape index (κ3) is 8.52. The van der Waals surface area contributed by atoms with Gasteiger partial charge in [0.05, 0.1) is 0 Å². The summed E-state index contributed by atoms with van der Waals surface area (Å²) in [6.45, 7) is 6.06. The first kappa shape index (κ1) is 29.6. The molecule has 0 aliphatic rings. The Balaban J connectivity index is 1.85. The van der Waals surface area contributed by atoms with Gasteiger partial charge in [0.25, 0.3) is 0 Å². The second kappa shape index (κ2) is 13.2. The molecule has 7 nitrogen and oxygen atoms in total. The number of nitrogens with two attached hydrogens (primary N) is 1. The van der Waals surface area contributed by atoms with Gasteiger partial charge < -0.3 is 21.3 Å². The number of hydrogen-bond acceptors (Lipinski definition) is 4. The van der Waals surface area contributed by atoms with Crippen LogP contribution in [0.4, 0.5) is 0 Å². The van der Waals surface area contributed by atoms with Gasteiger partial charge in [-0.2, -0.15) is 0 Å². The lowest BCUT2D eigenvalue weighted by Crippen LogP contribution is -2.54. The fourth-order valence-electron chi connectivity index (χ4n) is 4.27. The van der Waals surface area contributed by atoms with Crippen molar-refractivity contribution in [3.05, 3.63) is 95.6 Å². The first-order valence-corrected chi connectivity index (χ1v) is 13.2. The summed E-state index contributed by atoms with van der Waals surface area (Å²) in [5.41, 5.74) is 8.40. The smallest absolute Gasteiger partial charge is 0.246 e. The molecule has 2 atom stereocenters. The van der Waals surface area contributed by atoms with E-state index in [2.05, 4.69) is 10.6 Å². The molecule has 3 amide bonds. The summed E-state index contributed by atoms with van der Waals surface area (Å²) in [4.78, 5) is 40.5. The van der Waals surface area contributed by atoms with Gasteiger partial charge in [-0.15, -0.1) is 0 Å². The summed E-state index contributed by atoms with van der Waals surface area (Å²) in [7, 11) is 3.48.